The van der Waals surface area contributed by atoms with E-state index in [1.165, 1.54) is 0 Å². The van der Waals surface area contributed by atoms with Crippen LogP contribution in [0.4, 0.5) is 22.0 Å². The fraction of sp³-hybridized carbons (Fsp3) is 0.310. The minimum atomic E-state index is -5.08. The lowest BCUT2D eigenvalue weighted by molar-refractivity contribution is -0.192. The zero-order chi connectivity index (χ0) is 31.3. The third-order valence-electron chi connectivity index (χ3n) is 7.07. The second-order valence-corrected chi connectivity index (χ2v) is 9.97. The van der Waals surface area contributed by atoms with Gasteiger partial charge in [0.1, 0.15) is 5.75 Å². The van der Waals surface area contributed by atoms with Crippen LogP contribution in [0, 0.1) is 17.6 Å². The number of carbonyl (C=O) groups excluding carboxylic acids is 1. The van der Waals surface area contributed by atoms with Gasteiger partial charge in [-0.25, -0.2) is 13.6 Å². The van der Waals surface area contributed by atoms with Gasteiger partial charge in [0, 0.05) is 35.5 Å². The molecule has 1 saturated carbocycles. The van der Waals surface area contributed by atoms with Crippen molar-refractivity contribution in [3.8, 4) is 22.6 Å². The van der Waals surface area contributed by atoms with Crippen LogP contribution in [-0.4, -0.2) is 56.7 Å². The van der Waals surface area contributed by atoms with Gasteiger partial charge in [0.2, 0.25) is 0 Å². The molecule has 0 atom stereocenters. The van der Waals surface area contributed by atoms with E-state index >= 15 is 0 Å². The number of aromatic nitrogens is 3. The summed E-state index contributed by atoms with van der Waals surface area (Å²) in [6.45, 7) is 0.425. The standard InChI is InChI=1S/C27H26F2N4O3.C2HF3O2/c1-36-22-8-20(13-30-14-22)17-4-5-18-15-33(32-25(18)11-17)21-6-2-16(3-7-21)12-31-27(35)19-9-23(28)26(34)24(29)10-19;3-2(4,5)1(6)7/h4-5,8-11,13-16,21,34H,2-3,6-7,12H2,1H3,(H,31,35);(H,6,7). The Balaban J connectivity index is 0.000000541. The maximum atomic E-state index is 13.5. The first kappa shape index (κ1) is 31.2. The molecule has 2 heterocycles. The summed E-state index contributed by atoms with van der Waals surface area (Å²) in [6, 6.07) is 10.1. The maximum absolute atomic E-state index is 13.5. The number of benzene rings is 2. The number of amides is 1. The number of carboxylic acid groups (broad SMARTS) is 1. The molecule has 2 aromatic carbocycles. The Kier molecular flexibility index (Phi) is 9.46. The van der Waals surface area contributed by atoms with Crippen molar-refractivity contribution in [3.05, 3.63) is 72.2 Å². The Bertz CT molecular complexity index is 1590. The van der Waals surface area contributed by atoms with Crippen LogP contribution in [0.15, 0.2) is 55.0 Å². The number of aliphatic carboxylic acids is 1. The van der Waals surface area contributed by atoms with E-state index < -0.39 is 35.4 Å². The molecule has 0 unspecified atom stereocenters. The van der Waals surface area contributed by atoms with Crippen molar-refractivity contribution < 1.29 is 46.5 Å². The van der Waals surface area contributed by atoms with Gasteiger partial charge in [-0.3, -0.25) is 14.5 Å². The predicted molar refractivity (Wildman–Crippen MR) is 145 cm³/mol. The van der Waals surface area contributed by atoms with Crippen molar-refractivity contribution in [1.82, 2.24) is 20.1 Å². The van der Waals surface area contributed by atoms with Crippen LogP contribution in [0.5, 0.6) is 11.5 Å². The minimum absolute atomic E-state index is 0.149. The van der Waals surface area contributed by atoms with E-state index in [4.69, 9.17) is 19.7 Å². The minimum Gasteiger partial charge on any atom is -0.503 e. The van der Waals surface area contributed by atoms with Gasteiger partial charge >= 0.3 is 12.1 Å². The number of alkyl halides is 3. The Morgan fingerprint density at radius 1 is 1.02 bits per heavy atom. The number of phenolic OH excluding ortho intramolecular Hbond substituents is 1. The van der Waals surface area contributed by atoms with E-state index in [0.29, 0.717) is 12.3 Å². The average Bonchev–Trinajstić information content (AvgIpc) is 3.42. The number of phenols is 1. The number of carboxylic acids is 1. The van der Waals surface area contributed by atoms with Gasteiger partial charge in [0.25, 0.3) is 5.91 Å². The van der Waals surface area contributed by atoms with Crippen molar-refractivity contribution >= 4 is 22.8 Å². The van der Waals surface area contributed by atoms with Gasteiger partial charge in [-0.15, -0.1) is 0 Å². The third kappa shape index (κ3) is 7.76. The van der Waals surface area contributed by atoms with Crippen LogP contribution < -0.4 is 10.1 Å². The number of rotatable bonds is 6. The van der Waals surface area contributed by atoms with Crippen molar-refractivity contribution in [3.63, 3.8) is 0 Å². The Labute approximate surface area is 241 Å². The van der Waals surface area contributed by atoms with Crippen molar-refractivity contribution in [2.24, 2.45) is 5.92 Å². The highest BCUT2D eigenvalue weighted by Gasteiger charge is 2.38. The molecular formula is C29H27F5N4O5. The summed E-state index contributed by atoms with van der Waals surface area (Å²) in [7, 11) is 1.62. The van der Waals surface area contributed by atoms with Gasteiger partial charge < -0.3 is 20.3 Å². The van der Waals surface area contributed by atoms with E-state index in [1.54, 1.807) is 19.5 Å². The highest BCUT2D eigenvalue weighted by molar-refractivity contribution is 5.94. The molecule has 0 saturated heterocycles. The molecular weight excluding hydrogens is 579 g/mol. The zero-order valence-corrected chi connectivity index (χ0v) is 22.7. The molecule has 0 radical (unpaired) electrons. The summed E-state index contributed by atoms with van der Waals surface area (Å²) in [5.41, 5.74) is 2.75. The monoisotopic (exact) mass is 606 g/mol. The summed E-state index contributed by atoms with van der Waals surface area (Å²) in [4.78, 5) is 25.4. The van der Waals surface area contributed by atoms with Crippen LogP contribution >= 0.6 is 0 Å². The lowest BCUT2D eigenvalue weighted by Gasteiger charge is -2.28. The molecule has 1 aliphatic rings. The van der Waals surface area contributed by atoms with Gasteiger partial charge in [-0.2, -0.15) is 18.3 Å². The fourth-order valence-corrected chi connectivity index (χ4v) is 4.74. The first-order chi connectivity index (χ1) is 20.3. The van der Waals surface area contributed by atoms with Crippen LogP contribution in [0.2, 0.25) is 0 Å². The van der Waals surface area contributed by atoms with Gasteiger partial charge in [0.15, 0.2) is 17.4 Å². The van der Waals surface area contributed by atoms with Crippen molar-refractivity contribution in [1.29, 1.82) is 0 Å². The number of aromatic hydroxyl groups is 1. The normalized spacial score (nSPS) is 16.7. The molecule has 0 spiro atoms. The van der Waals surface area contributed by atoms with E-state index in [2.05, 4.69) is 34.7 Å². The number of hydrogen-bond donors (Lipinski definition) is 3. The number of hydrogen-bond acceptors (Lipinski definition) is 6. The van der Waals surface area contributed by atoms with Crippen molar-refractivity contribution in [2.75, 3.05) is 13.7 Å². The molecule has 228 valence electrons. The molecule has 9 nitrogen and oxygen atoms in total. The molecule has 4 aromatic rings. The predicted octanol–water partition coefficient (Wildman–Crippen LogP) is 5.89. The molecule has 5 rings (SSSR count). The molecule has 43 heavy (non-hydrogen) atoms. The number of fused-ring (bicyclic) bond motifs is 1. The summed E-state index contributed by atoms with van der Waals surface area (Å²) < 4.78 is 66.1. The lowest BCUT2D eigenvalue weighted by atomic mass is 9.86. The number of nitrogens with one attached hydrogen (secondary N) is 1. The Morgan fingerprint density at radius 2 is 1.67 bits per heavy atom. The molecule has 1 fully saturated rings. The SMILES string of the molecule is COc1cncc(-c2ccc3cn(C4CCC(CNC(=O)c5cc(F)c(O)c(F)c5)CC4)nc3c2)c1.O=C(O)C(F)(F)F. The maximum Gasteiger partial charge on any atom is 0.490 e. The van der Waals surface area contributed by atoms with Gasteiger partial charge in [-0.05, 0) is 61.4 Å². The van der Waals surface area contributed by atoms with Crippen LogP contribution in [-0.2, 0) is 4.79 Å². The lowest BCUT2D eigenvalue weighted by Crippen LogP contribution is -2.31. The molecule has 0 aliphatic heterocycles. The van der Waals surface area contributed by atoms with Gasteiger partial charge in [0.05, 0.1) is 24.9 Å². The quantitative estimate of drug-likeness (QED) is 0.234. The molecule has 14 heteroatoms. The summed E-state index contributed by atoms with van der Waals surface area (Å²) >= 11 is 0. The average molecular weight is 607 g/mol. The molecule has 3 N–H and O–H groups in total. The van der Waals surface area contributed by atoms with Gasteiger partial charge in [-0.1, -0.05) is 12.1 Å². The van der Waals surface area contributed by atoms with E-state index in [-0.39, 0.29) is 17.5 Å². The largest absolute Gasteiger partial charge is 0.503 e. The number of carbonyl (C=O) groups is 2. The topological polar surface area (TPSA) is 127 Å². The Hall–Kier alpha value is -4.75. The molecule has 0 bridgehead atoms. The summed E-state index contributed by atoms with van der Waals surface area (Å²) in [6.07, 6.45) is 4.11. The molecule has 1 aliphatic carbocycles. The summed E-state index contributed by atoms with van der Waals surface area (Å²) in [5, 5.41) is 25.0. The second-order valence-electron chi connectivity index (χ2n) is 9.97. The number of nitrogens with zero attached hydrogens (tertiary/aromatic N) is 3. The van der Waals surface area contributed by atoms with Crippen molar-refractivity contribution in [2.45, 2.75) is 37.9 Å². The first-order valence-electron chi connectivity index (χ1n) is 13.1. The summed E-state index contributed by atoms with van der Waals surface area (Å²) in [5.74, 6) is -5.73. The third-order valence-corrected chi connectivity index (χ3v) is 7.07. The molecule has 2 aromatic heterocycles. The number of methoxy groups -OCH3 is 1. The first-order valence-corrected chi connectivity index (χ1v) is 13.1. The van der Waals surface area contributed by atoms with Crippen LogP contribution in [0.1, 0.15) is 42.1 Å². The number of ether oxygens (including phenoxy) is 1. The van der Waals surface area contributed by atoms with E-state index in [1.807, 2.05) is 10.7 Å². The smallest absolute Gasteiger partial charge is 0.490 e. The molecule has 1 amide bonds. The number of halogens is 5. The fourth-order valence-electron chi connectivity index (χ4n) is 4.74. The number of pyridine rings is 1. The second kappa shape index (κ2) is 13.0. The highest BCUT2D eigenvalue weighted by atomic mass is 19.4. The van der Waals surface area contributed by atoms with E-state index in [9.17, 15) is 31.9 Å². The zero-order valence-electron chi connectivity index (χ0n) is 22.7. The van der Waals surface area contributed by atoms with Crippen LogP contribution in [0.3, 0.4) is 0 Å². The Morgan fingerprint density at radius 3 is 2.28 bits per heavy atom. The highest BCUT2D eigenvalue weighted by Crippen LogP contribution is 2.33. The van der Waals surface area contributed by atoms with E-state index in [0.717, 1.165) is 59.8 Å². The van der Waals surface area contributed by atoms with Crippen LogP contribution in [0.25, 0.3) is 22.0 Å².